The van der Waals surface area contributed by atoms with Crippen molar-refractivity contribution < 1.29 is 0 Å². The maximum Gasteiger partial charge on any atom is 0.126 e. The van der Waals surface area contributed by atoms with Gasteiger partial charge in [0.05, 0.1) is 45.0 Å². The minimum Gasteiger partial charge on any atom is -0.310 e. The highest BCUT2D eigenvalue weighted by molar-refractivity contribution is 5.96. The zero-order valence-electron chi connectivity index (χ0n) is 41.9. The minimum atomic E-state index is -0.518. The fourth-order valence-corrected chi connectivity index (χ4v) is 13.1. The summed E-state index contributed by atoms with van der Waals surface area (Å²) in [6.45, 7) is 8.60. The van der Waals surface area contributed by atoms with Crippen LogP contribution in [0.2, 0.25) is 0 Å². The van der Waals surface area contributed by atoms with Crippen molar-refractivity contribution in [2.24, 2.45) is 0 Å². The summed E-state index contributed by atoms with van der Waals surface area (Å²) in [7, 11) is 0. The molecule has 3 heterocycles. The molecule has 0 atom stereocenters. The van der Waals surface area contributed by atoms with Gasteiger partial charge >= 0.3 is 0 Å². The van der Waals surface area contributed by atoms with Gasteiger partial charge < -0.3 is 9.80 Å². The fraction of sp³-hybridized carbons (Fsp3) is 0.0857. The lowest BCUT2D eigenvalue weighted by Gasteiger charge is -2.46. The maximum atomic E-state index is 5.13. The van der Waals surface area contributed by atoms with Gasteiger partial charge in [-0.3, -0.25) is 0 Å². The molecule has 3 aliphatic rings. The van der Waals surface area contributed by atoms with Crippen LogP contribution < -0.4 is 9.80 Å². The molecule has 0 radical (unpaired) electrons. The van der Waals surface area contributed by atoms with E-state index in [9.17, 15) is 0 Å². The fourth-order valence-electron chi connectivity index (χ4n) is 13.1. The molecule has 10 aromatic carbocycles. The molecular formula is C70H52N4. The highest BCUT2D eigenvalue weighted by Gasteiger charge is 2.52. The summed E-state index contributed by atoms with van der Waals surface area (Å²) in [5.41, 5.74) is 26.2. The first-order chi connectivity index (χ1) is 36.3. The number of nitrogens with zero attached hydrogens (tertiary/aromatic N) is 4. The molecule has 0 fully saturated rings. The highest BCUT2D eigenvalue weighted by atomic mass is 15.2. The predicted octanol–water partition coefficient (Wildman–Crippen LogP) is 17.4. The van der Waals surface area contributed by atoms with Gasteiger partial charge in [0.15, 0.2) is 0 Å². The molecule has 0 unspecified atom stereocenters. The molecule has 0 saturated heterocycles. The highest BCUT2D eigenvalue weighted by Crippen LogP contribution is 2.64. The quantitative estimate of drug-likeness (QED) is 0.166. The van der Waals surface area contributed by atoms with Gasteiger partial charge in [0.2, 0.25) is 0 Å². The Morgan fingerprint density at radius 1 is 0.311 bits per heavy atom. The van der Waals surface area contributed by atoms with Crippen LogP contribution in [0.25, 0.3) is 33.6 Å². The van der Waals surface area contributed by atoms with Crippen LogP contribution in [0.3, 0.4) is 0 Å². The third-order valence-electron chi connectivity index (χ3n) is 16.1. The van der Waals surface area contributed by atoms with E-state index in [0.717, 1.165) is 56.7 Å². The Morgan fingerprint density at radius 2 is 0.676 bits per heavy atom. The molecule has 14 rings (SSSR count). The van der Waals surface area contributed by atoms with Crippen LogP contribution in [-0.4, -0.2) is 9.97 Å². The zero-order chi connectivity index (χ0) is 49.7. The second-order valence-electron chi connectivity index (χ2n) is 20.3. The van der Waals surface area contributed by atoms with Gasteiger partial charge in [-0.1, -0.05) is 205 Å². The van der Waals surface area contributed by atoms with Crippen LogP contribution in [-0.2, 0) is 10.8 Å². The van der Waals surface area contributed by atoms with Crippen LogP contribution in [0.4, 0.5) is 34.1 Å². The molecule has 352 valence electrons. The minimum absolute atomic E-state index is 0.462. The number of benzene rings is 10. The lowest BCUT2D eigenvalue weighted by molar-refractivity contribution is 0.731. The molecule has 11 aromatic rings. The first kappa shape index (κ1) is 43.7. The molecule has 1 aromatic heterocycles. The van der Waals surface area contributed by atoms with Crippen LogP contribution in [0.1, 0.15) is 67.0 Å². The summed E-state index contributed by atoms with van der Waals surface area (Å²) < 4.78 is 0. The Balaban J connectivity index is 0.841. The topological polar surface area (TPSA) is 32.3 Å². The van der Waals surface area contributed by atoms with Gasteiger partial charge in [0.1, 0.15) is 5.82 Å². The largest absolute Gasteiger partial charge is 0.310 e. The van der Waals surface area contributed by atoms with Crippen LogP contribution >= 0.6 is 0 Å². The number of aromatic nitrogens is 2. The number of hydrogen-bond donors (Lipinski definition) is 0. The monoisotopic (exact) mass is 948 g/mol. The van der Waals surface area contributed by atoms with Gasteiger partial charge in [0, 0.05) is 28.1 Å². The lowest BCUT2D eigenvalue weighted by Crippen LogP contribution is -2.37. The molecule has 0 saturated carbocycles. The number of anilines is 6. The second-order valence-corrected chi connectivity index (χ2v) is 20.3. The Kier molecular flexibility index (Phi) is 9.87. The van der Waals surface area contributed by atoms with Gasteiger partial charge in [-0.05, 0) is 132 Å². The van der Waals surface area contributed by atoms with Crippen molar-refractivity contribution in [3.63, 3.8) is 0 Å². The Bertz CT molecular complexity index is 3820. The SMILES string of the molecule is Cc1ccc2c(c1)C1(c3ccccc3-c3ccccc31)c1cc(C)ccc1N2c1ccc(-c2nc(C)nc(-c3ccc(N4c5ccccc5C(c5ccccc5)(c5ccccc5)c5ccccc54)cc3)c2C)cc1. The van der Waals surface area contributed by atoms with Gasteiger partial charge in [-0.15, -0.1) is 0 Å². The summed E-state index contributed by atoms with van der Waals surface area (Å²) in [4.78, 5) is 15.1. The second kappa shape index (κ2) is 16.7. The van der Waals surface area contributed by atoms with E-state index in [2.05, 4.69) is 273 Å². The van der Waals surface area contributed by atoms with E-state index in [1.165, 1.54) is 78.1 Å². The van der Waals surface area contributed by atoms with Crippen molar-refractivity contribution in [1.29, 1.82) is 0 Å². The third-order valence-corrected chi connectivity index (χ3v) is 16.1. The lowest BCUT2D eigenvalue weighted by atomic mass is 9.62. The van der Waals surface area contributed by atoms with E-state index in [1.807, 2.05) is 6.92 Å². The number of rotatable bonds is 6. The maximum absolute atomic E-state index is 5.13. The first-order valence-electron chi connectivity index (χ1n) is 25.7. The molecule has 0 bridgehead atoms. The predicted molar refractivity (Wildman–Crippen MR) is 304 cm³/mol. The zero-order valence-corrected chi connectivity index (χ0v) is 41.9. The van der Waals surface area contributed by atoms with Gasteiger partial charge in [-0.2, -0.15) is 0 Å². The van der Waals surface area contributed by atoms with Gasteiger partial charge in [-0.25, -0.2) is 9.97 Å². The van der Waals surface area contributed by atoms with Crippen molar-refractivity contribution in [1.82, 2.24) is 9.97 Å². The Labute approximate surface area is 433 Å². The number of hydrogen-bond acceptors (Lipinski definition) is 4. The van der Waals surface area contributed by atoms with Crippen LogP contribution in [0.15, 0.2) is 243 Å². The summed E-state index contributed by atoms with van der Waals surface area (Å²) in [6, 6.07) is 89.8. The summed E-state index contributed by atoms with van der Waals surface area (Å²) in [5, 5.41) is 0. The number of fused-ring (bicyclic) bond motifs is 11. The molecule has 0 N–H and O–H groups in total. The normalized spacial score (nSPS) is 14.1. The molecular weight excluding hydrogens is 897 g/mol. The molecule has 1 aliphatic carbocycles. The standard InChI is InChI=1S/C70H52N4/c1-45-31-41-65-61(43-45)70(57-25-13-11-23-55(57)56-24-12-14-26-58(56)70)62-44-46(2)32-42-66(62)74(65)54-39-35-50(36-40-54)68-47(3)67(71-48(4)72-68)49-33-37-53(38-34-49)73-63-29-17-15-27-59(63)69(51-19-7-5-8-20-51,52-21-9-6-10-22-52)60-28-16-18-30-64(60)73/h5-44H,1-4H3. The average molecular weight is 949 g/mol. The smallest absolute Gasteiger partial charge is 0.126 e. The molecule has 4 nitrogen and oxygen atoms in total. The van der Waals surface area contributed by atoms with Crippen molar-refractivity contribution in [3.8, 4) is 33.6 Å². The van der Waals surface area contributed by atoms with Gasteiger partial charge in [0.25, 0.3) is 0 Å². The Morgan fingerprint density at radius 3 is 1.11 bits per heavy atom. The van der Waals surface area contributed by atoms with Crippen molar-refractivity contribution in [2.45, 2.75) is 38.5 Å². The number of aryl methyl sites for hydroxylation is 3. The van der Waals surface area contributed by atoms with E-state index >= 15 is 0 Å². The number of para-hydroxylation sites is 2. The van der Waals surface area contributed by atoms with E-state index in [4.69, 9.17) is 9.97 Å². The molecule has 0 amide bonds. The van der Waals surface area contributed by atoms with E-state index in [0.29, 0.717) is 0 Å². The summed E-state index contributed by atoms with van der Waals surface area (Å²) >= 11 is 0. The summed E-state index contributed by atoms with van der Waals surface area (Å²) in [5.74, 6) is 0.734. The van der Waals surface area contributed by atoms with E-state index < -0.39 is 10.8 Å². The van der Waals surface area contributed by atoms with E-state index in [-0.39, 0.29) is 0 Å². The van der Waals surface area contributed by atoms with Crippen molar-refractivity contribution in [2.75, 3.05) is 9.80 Å². The van der Waals surface area contributed by atoms with E-state index in [1.54, 1.807) is 0 Å². The molecule has 74 heavy (non-hydrogen) atoms. The van der Waals surface area contributed by atoms with Crippen molar-refractivity contribution in [3.05, 3.63) is 310 Å². The summed E-state index contributed by atoms with van der Waals surface area (Å²) in [6.07, 6.45) is 0. The average Bonchev–Trinajstić information content (AvgIpc) is 3.76. The van der Waals surface area contributed by atoms with Crippen molar-refractivity contribution >= 4 is 34.1 Å². The third kappa shape index (κ3) is 6.21. The van der Waals surface area contributed by atoms with Crippen LogP contribution in [0.5, 0.6) is 0 Å². The molecule has 2 aliphatic heterocycles. The Hall–Kier alpha value is -9.12. The molecule has 1 spiro atoms. The van der Waals surface area contributed by atoms with Crippen LogP contribution in [0, 0.1) is 27.7 Å². The molecule has 4 heteroatoms. The first-order valence-corrected chi connectivity index (χ1v) is 25.7.